The highest BCUT2D eigenvalue weighted by Gasteiger charge is 2.24. The van der Waals surface area contributed by atoms with Gasteiger partial charge in [0.15, 0.2) is 0 Å². The van der Waals surface area contributed by atoms with Gasteiger partial charge in [0.25, 0.3) is 0 Å². The van der Waals surface area contributed by atoms with Crippen LogP contribution >= 0.6 is 0 Å². The molecule has 0 bridgehead atoms. The van der Waals surface area contributed by atoms with E-state index >= 15 is 0 Å². The molecule has 0 saturated heterocycles. The highest BCUT2D eigenvalue weighted by molar-refractivity contribution is 5.84. The average molecular weight is 294 g/mol. The lowest BCUT2D eigenvalue weighted by atomic mass is 10.1. The van der Waals surface area contributed by atoms with Gasteiger partial charge in [-0.25, -0.2) is 9.78 Å². The Labute approximate surface area is 129 Å². The van der Waals surface area contributed by atoms with Gasteiger partial charge >= 0.3 is 5.97 Å². The molecular formula is C18H18N2O2. The number of hydrogen-bond acceptors (Lipinski definition) is 2. The third-order valence-corrected chi connectivity index (χ3v) is 3.97. The smallest absolute Gasteiger partial charge is 0.326 e. The number of fused-ring (bicyclic) bond motifs is 1. The van der Waals surface area contributed by atoms with E-state index in [9.17, 15) is 9.90 Å². The molecule has 4 heteroatoms. The minimum Gasteiger partial charge on any atom is -0.480 e. The summed E-state index contributed by atoms with van der Waals surface area (Å²) >= 11 is 0. The SMILES string of the molecule is CCC(C(=O)O)n1c(-c2ccccc2C)nc2ccccc21. The highest BCUT2D eigenvalue weighted by atomic mass is 16.4. The van der Waals surface area contributed by atoms with Crippen molar-refractivity contribution in [3.05, 3.63) is 54.1 Å². The number of benzene rings is 2. The van der Waals surface area contributed by atoms with E-state index < -0.39 is 12.0 Å². The number of carbonyl (C=O) groups is 1. The summed E-state index contributed by atoms with van der Waals surface area (Å²) in [5.74, 6) is -0.117. The molecule has 22 heavy (non-hydrogen) atoms. The van der Waals surface area contributed by atoms with Gasteiger partial charge in [0.05, 0.1) is 11.0 Å². The van der Waals surface area contributed by atoms with Crippen LogP contribution in [0.2, 0.25) is 0 Å². The fourth-order valence-electron chi connectivity index (χ4n) is 2.84. The van der Waals surface area contributed by atoms with E-state index in [0.29, 0.717) is 12.2 Å². The van der Waals surface area contributed by atoms with Crippen molar-refractivity contribution in [2.45, 2.75) is 26.3 Å². The molecule has 1 heterocycles. The van der Waals surface area contributed by atoms with E-state index in [1.807, 2.05) is 66.9 Å². The Hall–Kier alpha value is -2.62. The van der Waals surface area contributed by atoms with E-state index in [2.05, 4.69) is 0 Å². The highest BCUT2D eigenvalue weighted by Crippen LogP contribution is 2.31. The van der Waals surface area contributed by atoms with E-state index in [4.69, 9.17) is 4.98 Å². The number of rotatable bonds is 4. The third kappa shape index (κ3) is 2.26. The first kappa shape index (κ1) is 14.3. The van der Waals surface area contributed by atoms with Crippen LogP contribution in [0.25, 0.3) is 22.4 Å². The van der Waals surface area contributed by atoms with Crippen molar-refractivity contribution in [2.24, 2.45) is 0 Å². The minimum absolute atomic E-state index is 0.509. The molecule has 1 unspecified atom stereocenters. The first-order valence-corrected chi connectivity index (χ1v) is 7.39. The van der Waals surface area contributed by atoms with Crippen molar-refractivity contribution in [3.8, 4) is 11.4 Å². The van der Waals surface area contributed by atoms with Crippen LogP contribution in [0, 0.1) is 6.92 Å². The number of hydrogen-bond donors (Lipinski definition) is 1. The molecular weight excluding hydrogens is 276 g/mol. The van der Waals surface area contributed by atoms with Gasteiger partial charge in [0.1, 0.15) is 11.9 Å². The van der Waals surface area contributed by atoms with E-state index in [0.717, 1.165) is 22.2 Å². The quantitative estimate of drug-likeness (QED) is 0.790. The van der Waals surface area contributed by atoms with Gasteiger partial charge in [-0.2, -0.15) is 0 Å². The van der Waals surface area contributed by atoms with Crippen molar-refractivity contribution in [1.29, 1.82) is 0 Å². The lowest BCUT2D eigenvalue weighted by molar-refractivity contribution is -0.140. The molecule has 0 fully saturated rings. The first-order chi connectivity index (χ1) is 10.6. The molecule has 0 spiro atoms. The van der Waals surface area contributed by atoms with E-state index in [1.165, 1.54) is 0 Å². The molecule has 0 aliphatic carbocycles. The molecule has 3 aromatic rings. The van der Waals surface area contributed by atoms with Crippen LogP contribution in [0.1, 0.15) is 24.9 Å². The summed E-state index contributed by atoms with van der Waals surface area (Å²) in [5.41, 5.74) is 3.73. The second-order valence-electron chi connectivity index (χ2n) is 5.37. The zero-order valence-electron chi connectivity index (χ0n) is 12.7. The fourth-order valence-corrected chi connectivity index (χ4v) is 2.84. The third-order valence-electron chi connectivity index (χ3n) is 3.97. The number of aromatic nitrogens is 2. The van der Waals surface area contributed by atoms with Gasteiger partial charge in [-0.15, -0.1) is 0 Å². The van der Waals surface area contributed by atoms with Gasteiger partial charge in [-0.1, -0.05) is 43.3 Å². The zero-order chi connectivity index (χ0) is 15.7. The van der Waals surface area contributed by atoms with Crippen molar-refractivity contribution < 1.29 is 9.90 Å². The first-order valence-electron chi connectivity index (χ1n) is 7.39. The van der Waals surface area contributed by atoms with Crippen molar-refractivity contribution in [2.75, 3.05) is 0 Å². The standard InChI is InChI=1S/C18H18N2O2/c1-3-15(18(21)22)20-16-11-7-6-10-14(16)19-17(20)13-9-5-4-8-12(13)2/h4-11,15H,3H2,1-2H3,(H,21,22). The van der Waals surface area contributed by atoms with Crippen molar-refractivity contribution >= 4 is 17.0 Å². The largest absolute Gasteiger partial charge is 0.480 e. The molecule has 0 saturated carbocycles. The number of imidazole rings is 1. The van der Waals surface area contributed by atoms with Gasteiger partial charge in [0, 0.05) is 5.56 Å². The maximum atomic E-state index is 11.7. The molecule has 0 aliphatic rings. The molecule has 112 valence electrons. The summed E-state index contributed by atoms with van der Waals surface area (Å²) in [6.07, 6.45) is 0.509. The summed E-state index contributed by atoms with van der Waals surface area (Å²) in [6.45, 7) is 3.90. The maximum Gasteiger partial charge on any atom is 0.326 e. The average Bonchev–Trinajstić information content (AvgIpc) is 2.88. The van der Waals surface area contributed by atoms with Crippen molar-refractivity contribution in [3.63, 3.8) is 0 Å². The zero-order valence-corrected chi connectivity index (χ0v) is 12.7. The van der Waals surface area contributed by atoms with E-state index in [-0.39, 0.29) is 0 Å². The fraction of sp³-hybridized carbons (Fsp3) is 0.222. The Morgan fingerprint density at radius 1 is 1.18 bits per heavy atom. The molecule has 0 radical (unpaired) electrons. The van der Waals surface area contributed by atoms with Crippen LogP contribution in [0.3, 0.4) is 0 Å². The van der Waals surface area contributed by atoms with Gasteiger partial charge in [-0.05, 0) is 31.0 Å². The summed E-state index contributed by atoms with van der Waals surface area (Å²) in [7, 11) is 0. The Morgan fingerprint density at radius 3 is 2.55 bits per heavy atom. The number of carboxylic acid groups (broad SMARTS) is 1. The van der Waals surface area contributed by atoms with Crippen LogP contribution in [0.15, 0.2) is 48.5 Å². The normalized spacial score (nSPS) is 12.5. The minimum atomic E-state index is -0.833. The number of carboxylic acids is 1. The summed E-state index contributed by atoms with van der Waals surface area (Å²) < 4.78 is 1.85. The Balaban J connectivity index is 2.35. The van der Waals surface area contributed by atoms with Crippen LogP contribution in [-0.4, -0.2) is 20.6 Å². The number of aryl methyl sites for hydroxylation is 1. The maximum absolute atomic E-state index is 11.7. The van der Waals surface area contributed by atoms with Crippen molar-refractivity contribution in [1.82, 2.24) is 9.55 Å². The Bertz CT molecular complexity index is 836. The molecule has 1 aromatic heterocycles. The van der Waals surface area contributed by atoms with Crippen LogP contribution in [-0.2, 0) is 4.79 Å². The van der Waals surface area contributed by atoms with Gasteiger partial charge < -0.3 is 9.67 Å². The molecule has 0 aliphatic heterocycles. The Kier molecular flexibility index (Phi) is 3.67. The lowest BCUT2D eigenvalue weighted by Gasteiger charge is -2.17. The molecule has 0 amide bonds. The molecule has 1 N–H and O–H groups in total. The van der Waals surface area contributed by atoms with Crippen LogP contribution in [0.5, 0.6) is 0 Å². The van der Waals surface area contributed by atoms with E-state index in [1.54, 1.807) is 0 Å². The summed E-state index contributed by atoms with van der Waals surface area (Å²) in [6, 6.07) is 15.0. The molecule has 3 rings (SSSR count). The summed E-state index contributed by atoms with van der Waals surface area (Å²) in [5, 5.41) is 9.60. The van der Waals surface area contributed by atoms with Crippen LogP contribution in [0.4, 0.5) is 0 Å². The van der Waals surface area contributed by atoms with Gasteiger partial charge in [0.2, 0.25) is 0 Å². The Morgan fingerprint density at radius 2 is 1.86 bits per heavy atom. The van der Waals surface area contributed by atoms with Gasteiger partial charge in [-0.3, -0.25) is 0 Å². The molecule has 1 atom stereocenters. The number of aliphatic carboxylic acids is 1. The lowest BCUT2D eigenvalue weighted by Crippen LogP contribution is -2.19. The summed E-state index contributed by atoms with van der Waals surface area (Å²) in [4.78, 5) is 16.4. The van der Waals surface area contributed by atoms with Crippen LogP contribution < -0.4 is 0 Å². The monoisotopic (exact) mass is 294 g/mol. The second kappa shape index (κ2) is 5.64. The predicted molar refractivity (Wildman–Crippen MR) is 86.9 cm³/mol. The molecule has 4 nitrogen and oxygen atoms in total. The topological polar surface area (TPSA) is 55.1 Å². The predicted octanol–water partition coefficient (Wildman–Crippen LogP) is 4.05. The number of para-hydroxylation sites is 2. The second-order valence-corrected chi connectivity index (χ2v) is 5.37. The molecule has 2 aromatic carbocycles. The number of nitrogens with zero attached hydrogens (tertiary/aromatic N) is 2.